The lowest BCUT2D eigenvalue weighted by Crippen LogP contribution is -2.13. The van der Waals surface area contributed by atoms with Gasteiger partial charge in [0.05, 0.1) is 12.1 Å². The number of rotatable bonds is 5. The highest BCUT2D eigenvalue weighted by atomic mass is 16.1. The molecule has 0 saturated heterocycles. The van der Waals surface area contributed by atoms with Crippen LogP contribution in [0.3, 0.4) is 0 Å². The molecule has 0 spiro atoms. The maximum atomic E-state index is 12.7. The zero-order valence-electron chi connectivity index (χ0n) is 13.8. The highest BCUT2D eigenvalue weighted by Gasteiger charge is 2.19. The minimum Gasteiger partial charge on any atom is -0.291 e. The van der Waals surface area contributed by atoms with Gasteiger partial charge in [0, 0.05) is 11.8 Å². The number of anilines is 1. The molecule has 1 amide bonds. The second kappa shape index (κ2) is 7.02. The fourth-order valence-electron chi connectivity index (χ4n) is 2.69. The summed E-state index contributed by atoms with van der Waals surface area (Å²) in [5.74, 6) is 0.00438. The van der Waals surface area contributed by atoms with Crippen molar-refractivity contribution < 1.29 is 4.79 Å². The second-order valence-corrected chi connectivity index (χ2v) is 5.73. The zero-order valence-corrected chi connectivity index (χ0v) is 13.8. The first-order valence-corrected chi connectivity index (χ1v) is 8.13. The molecule has 0 bridgehead atoms. The van der Waals surface area contributed by atoms with Gasteiger partial charge < -0.3 is 0 Å². The van der Waals surface area contributed by atoms with Crippen LogP contribution >= 0.6 is 0 Å². The average Bonchev–Trinajstić information content (AvgIpc) is 3.33. The molecular formula is C19H16N6O. The normalized spacial score (nSPS) is 10.6. The fourth-order valence-corrected chi connectivity index (χ4v) is 2.69. The van der Waals surface area contributed by atoms with Crippen molar-refractivity contribution in [1.29, 1.82) is 0 Å². The number of hydrogen-bond acceptors (Lipinski definition) is 4. The molecule has 0 aliphatic heterocycles. The Balaban J connectivity index is 1.69. The van der Waals surface area contributed by atoms with E-state index in [-0.39, 0.29) is 5.91 Å². The Morgan fingerprint density at radius 2 is 1.77 bits per heavy atom. The van der Waals surface area contributed by atoms with Crippen molar-refractivity contribution in [2.75, 3.05) is 5.32 Å². The smallest absolute Gasteiger partial charge is 0.261 e. The first kappa shape index (κ1) is 15.8. The lowest BCUT2D eigenvalue weighted by atomic mass is 10.1. The molecule has 0 saturated carbocycles. The van der Waals surface area contributed by atoms with Gasteiger partial charge in [-0.15, -0.1) is 0 Å². The van der Waals surface area contributed by atoms with E-state index in [1.54, 1.807) is 10.9 Å². The van der Waals surface area contributed by atoms with E-state index in [0.717, 1.165) is 11.1 Å². The molecule has 0 radical (unpaired) electrons. The Bertz CT molecular complexity index is 993. The number of hydrogen-bond donors (Lipinski definition) is 2. The molecule has 2 heterocycles. The SMILES string of the molecule is O=C(Nc1ncn[nH]1)c1cn(Cc2ccccc2)nc1-c1ccccc1. The third-order valence-corrected chi connectivity index (χ3v) is 3.89. The monoisotopic (exact) mass is 344 g/mol. The molecule has 2 aromatic carbocycles. The summed E-state index contributed by atoms with van der Waals surface area (Å²) < 4.78 is 1.77. The van der Waals surface area contributed by atoms with Crippen LogP contribution in [0.25, 0.3) is 11.3 Å². The van der Waals surface area contributed by atoms with E-state index in [1.165, 1.54) is 6.33 Å². The summed E-state index contributed by atoms with van der Waals surface area (Å²) in [7, 11) is 0. The van der Waals surface area contributed by atoms with Crippen molar-refractivity contribution in [3.05, 3.63) is 84.3 Å². The quantitative estimate of drug-likeness (QED) is 0.582. The molecule has 0 unspecified atom stereocenters. The Kier molecular flexibility index (Phi) is 4.26. The summed E-state index contributed by atoms with van der Waals surface area (Å²) in [4.78, 5) is 16.7. The Morgan fingerprint density at radius 3 is 2.46 bits per heavy atom. The van der Waals surface area contributed by atoms with Crippen molar-refractivity contribution in [2.24, 2.45) is 0 Å². The van der Waals surface area contributed by atoms with Crippen molar-refractivity contribution in [2.45, 2.75) is 6.54 Å². The molecule has 0 fully saturated rings. The summed E-state index contributed by atoms with van der Waals surface area (Å²) in [6, 6.07) is 19.6. The molecular weight excluding hydrogens is 328 g/mol. The van der Waals surface area contributed by atoms with Crippen molar-refractivity contribution in [3.63, 3.8) is 0 Å². The second-order valence-electron chi connectivity index (χ2n) is 5.73. The third-order valence-electron chi connectivity index (χ3n) is 3.89. The summed E-state index contributed by atoms with van der Waals surface area (Å²) in [6.07, 6.45) is 3.09. The van der Waals surface area contributed by atoms with Crippen LogP contribution in [0.15, 0.2) is 73.2 Å². The van der Waals surface area contributed by atoms with Crippen LogP contribution in [-0.2, 0) is 6.54 Å². The van der Waals surface area contributed by atoms with Crippen LogP contribution in [-0.4, -0.2) is 30.9 Å². The molecule has 4 rings (SSSR count). The topological polar surface area (TPSA) is 88.5 Å². The minimum absolute atomic E-state index is 0.292. The van der Waals surface area contributed by atoms with Crippen LogP contribution in [0.1, 0.15) is 15.9 Å². The first-order chi connectivity index (χ1) is 12.8. The van der Waals surface area contributed by atoms with E-state index >= 15 is 0 Å². The van der Waals surface area contributed by atoms with E-state index < -0.39 is 0 Å². The fraction of sp³-hybridized carbons (Fsp3) is 0.0526. The van der Waals surface area contributed by atoms with Gasteiger partial charge in [-0.05, 0) is 5.56 Å². The van der Waals surface area contributed by atoms with Gasteiger partial charge in [0.1, 0.15) is 12.0 Å². The Morgan fingerprint density at radius 1 is 1.04 bits per heavy atom. The van der Waals surface area contributed by atoms with Gasteiger partial charge in [-0.25, -0.2) is 5.10 Å². The predicted octanol–water partition coefficient (Wildman–Crippen LogP) is 2.97. The molecule has 7 nitrogen and oxygen atoms in total. The van der Waals surface area contributed by atoms with Gasteiger partial charge in [0.2, 0.25) is 5.95 Å². The number of nitrogens with one attached hydrogen (secondary N) is 2. The maximum absolute atomic E-state index is 12.7. The van der Waals surface area contributed by atoms with Gasteiger partial charge in [-0.3, -0.25) is 14.8 Å². The molecule has 0 aliphatic rings. The maximum Gasteiger partial charge on any atom is 0.261 e. The van der Waals surface area contributed by atoms with Crippen LogP contribution in [0, 0.1) is 0 Å². The lowest BCUT2D eigenvalue weighted by molar-refractivity contribution is 0.102. The van der Waals surface area contributed by atoms with Crippen molar-refractivity contribution >= 4 is 11.9 Å². The molecule has 2 N–H and O–H groups in total. The van der Waals surface area contributed by atoms with Crippen LogP contribution in [0.4, 0.5) is 5.95 Å². The number of H-pyrrole nitrogens is 1. The molecule has 7 heteroatoms. The molecule has 2 aromatic heterocycles. The summed E-state index contributed by atoms with van der Waals surface area (Å²) in [5.41, 5.74) is 3.08. The first-order valence-electron chi connectivity index (χ1n) is 8.13. The highest BCUT2D eigenvalue weighted by molar-refractivity contribution is 6.07. The number of aromatic amines is 1. The van der Waals surface area contributed by atoms with Gasteiger partial charge >= 0.3 is 0 Å². The minimum atomic E-state index is -0.292. The van der Waals surface area contributed by atoms with Gasteiger partial charge in [-0.1, -0.05) is 60.7 Å². The number of carbonyl (C=O) groups is 1. The van der Waals surface area contributed by atoms with Crippen LogP contribution in [0.5, 0.6) is 0 Å². The zero-order chi connectivity index (χ0) is 17.8. The third kappa shape index (κ3) is 3.36. The number of amides is 1. The number of aromatic nitrogens is 5. The summed E-state index contributed by atoms with van der Waals surface area (Å²) >= 11 is 0. The van der Waals surface area contributed by atoms with E-state index in [0.29, 0.717) is 23.8 Å². The van der Waals surface area contributed by atoms with Gasteiger partial charge in [0.25, 0.3) is 5.91 Å². The van der Waals surface area contributed by atoms with Crippen molar-refractivity contribution in [3.8, 4) is 11.3 Å². The van der Waals surface area contributed by atoms with E-state index in [2.05, 4.69) is 25.6 Å². The lowest BCUT2D eigenvalue weighted by Gasteiger charge is -2.02. The van der Waals surface area contributed by atoms with Gasteiger partial charge in [-0.2, -0.15) is 15.2 Å². The van der Waals surface area contributed by atoms with Gasteiger partial charge in [0.15, 0.2) is 0 Å². The molecule has 0 aliphatic carbocycles. The Labute approximate surface area is 149 Å². The molecule has 0 atom stereocenters. The van der Waals surface area contributed by atoms with Crippen molar-refractivity contribution in [1.82, 2.24) is 25.0 Å². The van der Waals surface area contributed by atoms with Crippen LogP contribution < -0.4 is 5.32 Å². The van der Waals surface area contributed by atoms with Crippen LogP contribution in [0.2, 0.25) is 0 Å². The Hall–Kier alpha value is -3.74. The number of benzene rings is 2. The summed E-state index contributed by atoms with van der Waals surface area (Å²) in [5, 5.41) is 13.7. The predicted molar refractivity (Wildman–Crippen MR) is 97.5 cm³/mol. The highest BCUT2D eigenvalue weighted by Crippen LogP contribution is 2.23. The standard InChI is InChI=1S/C19H16N6O/c26-18(22-19-20-13-21-23-19)16-12-25(11-14-7-3-1-4-8-14)24-17(16)15-9-5-2-6-10-15/h1-10,12-13H,11H2,(H2,20,21,22,23,26). The number of carbonyl (C=O) groups excluding carboxylic acids is 1. The molecule has 26 heavy (non-hydrogen) atoms. The van der Waals surface area contributed by atoms with E-state index in [4.69, 9.17) is 0 Å². The largest absolute Gasteiger partial charge is 0.291 e. The number of nitrogens with zero attached hydrogens (tertiary/aromatic N) is 4. The summed E-state index contributed by atoms with van der Waals surface area (Å²) in [6.45, 7) is 0.580. The average molecular weight is 344 g/mol. The van der Waals surface area contributed by atoms with E-state index in [1.807, 2.05) is 60.7 Å². The molecule has 4 aromatic rings. The molecule has 128 valence electrons. The van der Waals surface area contributed by atoms with E-state index in [9.17, 15) is 4.79 Å².